The van der Waals surface area contributed by atoms with Gasteiger partial charge in [-0.25, -0.2) is 9.59 Å². The molecule has 0 spiro atoms. The predicted octanol–water partition coefficient (Wildman–Crippen LogP) is 5.86. The maximum Gasteiger partial charge on any atom is 0.315 e. The Bertz CT molecular complexity index is 2140. The molecule has 0 radical (unpaired) electrons. The molecule has 12 atom stereocenters. The third kappa shape index (κ3) is 24.2. The van der Waals surface area contributed by atoms with Crippen molar-refractivity contribution >= 4 is 64.6 Å². The lowest BCUT2D eigenvalue weighted by atomic mass is 9.75. The SMILES string of the molecule is COC1C(N)C(C)C(NC(=O)c2cc(C(=O)CCCCOCCOCCOCCCCC(=O)CCCCC3SCC4NC(=O)NC43)cc(C(=O)CCCCOCCOCCOCCCCC(=O)CCCCC3SCC4NC(=O)NC43)c2)C(OC)C1N. The van der Waals surface area contributed by atoms with Crippen LogP contribution in [0.5, 0.6) is 0 Å². The lowest BCUT2D eigenvalue weighted by Gasteiger charge is -2.47. The summed E-state index contributed by atoms with van der Waals surface area (Å²) in [4.78, 5) is 89.3. The molecular weight excluding hydrogens is 1150 g/mol. The van der Waals surface area contributed by atoms with E-state index in [1.54, 1.807) is 13.2 Å². The first kappa shape index (κ1) is 71.3. The van der Waals surface area contributed by atoms with E-state index in [0.29, 0.717) is 153 Å². The molecule has 1 saturated carbocycles. The van der Waals surface area contributed by atoms with Gasteiger partial charge in [-0.2, -0.15) is 23.5 Å². The van der Waals surface area contributed by atoms with Gasteiger partial charge in [0.05, 0.1) is 101 Å². The molecule has 5 fully saturated rings. The van der Waals surface area contributed by atoms with E-state index in [-0.39, 0.29) is 83.2 Å². The Morgan fingerprint density at radius 3 is 1.23 bits per heavy atom. The molecule has 4 aliphatic heterocycles. The Morgan fingerprint density at radius 1 is 0.477 bits per heavy atom. The quantitative estimate of drug-likeness (QED) is 0.0228. The third-order valence-corrected chi connectivity index (χ3v) is 20.0. The van der Waals surface area contributed by atoms with Crippen molar-refractivity contribution in [2.24, 2.45) is 17.4 Å². The Labute approximate surface area is 518 Å². The zero-order chi connectivity index (χ0) is 61.5. The van der Waals surface area contributed by atoms with Crippen molar-refractivity contribution in [3.05, 3.63) is 34.9 Å². The van der Waals surface area contributed by atoms with Crippen LogP contribution in [0.25, 0.3) is 0 Å². The number of rotatable bonds is 48. The van der Waals surface area contributed by atoms with Gasteiger partial charge in [0.1, 0.15) is 11.6 Å². The zero-order valence-electron chi connectivity index (χ0n) is 51.3. The van der Waals surface area contributed by atoms with Gasteiger partial charge < -0.3 is 75.9 Å². The van der Waals surface area contributed by atoms with E-state index >= 15 is 0 Å². The lowest BCUT2D eigenvalue weighted by molar-refractivity contribution is -0.120. The molecule has 6 rings (SSSR count). The predicted molar refractivity (Wildman–Crippen MR) is 331 cm³/mol. The van der Waals surface area contributed by atoms with Crippen LogP contribution in [-0.4, -0.2) is 211 Å². The highest BCUT2D eigenvalue weighted by atomic mass is 32.2. The van der Waals surface area contributed by atoms with Gasteiger partial charge in [-0.1, -0.05) is 19.8 Å². The second-order valence-electron chi connectivity index (χ2n) is 23.4. The molecule has 486 valence electrons. The summed E-state index contributed by atoms with van der Waals surface area (Å²) in [5.74, 6) is 1.35. The summed E-state index contributed by atoms with van der Waals surface area (Å²) < 4.78 is 45.5. The number of thioether (sulfide) groups is 2. The standard InChI is InChI=1S/C62H101N7O15S2/c1-41-53(63)58(77-2)54(64)59(78-3)55(41)67-60(74)44-37-42(49(72)20-10-14-26-81-30-34-83-32-28-79-24-12-8-18-45(70)16-4-6-22-51-56-47(39-85-51)65-61(75)68-56)36-43(38-44)50(73)21-11-15-27-82-31-35-84-33-29-80-25-13-9-19-46(71)17-5-7-23-52-57-48(40-86-52)66-62(76)69-57/h36-38,41,47-48,51-59H,4-35,39-40,63-64H2,1-3H3,(H,67,74)(H2,65,68,75)(H2,66,69,76). The van der Waals surface area contributed by atoms with Crippen LogP contribution in [-0.2, 0) is 47.5 Å². The number of urea groups is 2. The molecule has 86 heavy (non-hydrogen) atoms. The highest BCUT2D eigenvalue weighted by molar-refractivity contribution is 8.00. The van der Waals surface area contributed by atoms with Crippen molar-refractivity contribution in [1.29, 1.82) is 0 Å². The van der Waals surface area contributed by atoms with Crippen LogP contribution in [0.1, 0.15) is 166 Å². The summed E-state index contributed by atoms with van der Waals surface area (Å²) in [7, 11) is 3.07. The highest BCUT2D eigenvalue weighted by Crippen LogP contribution is 2.35. The summed E-state index contributed by atoms with van der Waals surface area (Å²) in [5, 5.41) is 15.9. The van der Waals surface area contributed by atoms with Crippen molar-refractivity contribution in [3.63, 3.8) is 0 Å². The molecule has 24 heteroatoms. The number of ketones is 4. The van der Waals surface area contributed by atoms with Gasteiger partial charge in [0.2, 0.25) is 0 Å². The van der Waals surface area contributed by atoms with Crippen LogP contribution in [0.3, 0.4) is 0 Å². The molecule has 0 bridgehead atoms. The molecule has 5 amide bonds. The molecule has 4 saturated heterocycles. The highest BCUT2D eigenvalue weighted by Gasteiger charge is 2.48. The van der Waals surface area contributed by atoms with Crippen LogP contribution in [0, 0.1) is 5.92 Å². The number of carbonyl (C=O) groups excluding carboxylic acids is 7. The number of carbonyl (C=O) groups is 7. The van der Waals surface area contributed by atoms with Gasteiger partial charge in [-0.3, -0.25) is 24.0 Å². The third-order valence-electron chi connectivity index (χ3n) is 17.0. The fourth-order valence-corrected chi connectivity index (χ4v) is 15.0. The maximum absolute atomic E-state index is 14.0. The fraction of sp³-hybridized carbons (Fsp3) is 0.790. The van der Waals surface area contributed by atoms with Crippen molar-refractivity contribution in [3.8, 4) is 0 Å². The number of hydrogen-bond acceptors (Lipinski definition) is 19. The number of hydrogen-bond donors (Lipinski definition) is 7. The van der Waals surface area contributed by atoms with Crippen LogP contribution in [0.4, 0.5) is 9.59 Å². The molecule has 1 aromatic rings. The van der Waals surface area contributed by atoms with E-state index in [1.165, 1.54) is 19.2 Å². The zero-order valence-corrected chi connectivity index (χ0v) is 52.9. The molecule has 1 aromatic carbocycles. The number of amides is 5. The van der Waals surface area contributed by atoms with Crippen molar-refractivity contribution in [2.45, 2.75) is 200 Å². The Morgan fingerprint density at radius 2 is 0.837 bits per heavy atom. The Hall–Kier alpha value is -3.79. The molecule has 0 aromatic heterocycles. The summed E-state index contributed by atoms with van der Waals surface area (Å²) in [6, 6.07) is 3.73. The van der Waals surface area contributed by atoms with E-state index in [0.717, 1.165) is 75.7 Å². The lowest BCUT2D eigenvalue weighted by Crippen LogP contribution is -2.70. The Balaban J connectivity index is 0.789. The van der Waals surface area contributed by atoms with E-state index in [1.807, 2.05) is 30.4 Å². The molecule has 5 aliphatic rings. The first-order chi connectivity index (χ1) is 41.8. The second-order valence-corrected chi connectivity index (χ2v) is 25.9. The van der Waals surface area contributed by atoms with Gasteiger partial charge in [-0.15, -0.1) is 0 Å². The maximum atomic E-state index is 14.0. The summed E-state index contributed by atoms with van der Waals surface area (Å²) >= 11 is 3.81. The number of ether oxygens (including phenoxy) is 8. The smallest absolute Gasteiger partial charge is 0.315 e. The minimum atomic E-state index is -0.613. The van der Waals surface area contributed by atoms with E-state index in [9.17, 15) is 33.6 Å². The van der Waals surface area contributed by atoms with Crippen molar-refractivity contribution in [1.82, 2.24) is 26.6 Å². The summed E-state index contributed by atoms with van der Waals surface area (Å²) in [6.07, 6.45) is 13.0. The molecular formula is C62H101N7O15S2. The van der Waals surface area contributed by atoms with Gasteiger partial charge >= 0.3 is 12.1 Å². The molecule has 22 nitrogen and oxygen atoms in total. The van der Waals surface area contributed by atoms with Crippen LogP contribution < -0.4 is 38.1 Å². The molecule has 9 N–H and O–H groups in total. The monoisotopic (exact) mass is 1250 g/mol. The average molecular weight is 1250 g/mol. The average Bonchev–Trinajstić information content (AvgIpc) is 2.74. The topological polar surface area (TPSA) is 306 Å². The number of unbranched alkanes of at least 4 members (excludes halogenated alkanes) is 6. The van der Waals surface area contributed by atoms with E-state index in [2.05, 4.69) is 26.6 Å². The first-order valence-corrected chi connectivity index (χ1v) is 33.8. The van der Waals surface area contributed by atoms with Gasteiger partial charge in [0.15, 0.2) is 11.6 Å². The van der Waals surface area contributed by atoms with Crippen LogP contribution >= 0.6 is 23.5 Å². The van der Waals surface area contributed by atoms with Crippen LogP contribution in [0.2, 0.25) is 0 Å². The fourth-order valence-electron chi connectivity index (χ4n) is 11.9. The second kappa shape index (κ2) is 40.1. The number of nitrogens with one attached hydrogen (secondary N) is 5. The van der Waals surface area contributed by atoms with Crippen molar-refractivity contribution in [2.75, 3.05) is 105 Å². The summed E-state index contributed by atoms with van der Waals surface area (Å²) in [5.41, 5.74) is 13.8. The number of fused-ring (bicyclic) bond motifs is 2. The first-order valence-electron chi connectivity index (χ1n) is 31.7. The summed E-state index contributed by atoms with van der Waals surface area (Å²) in [6.45, 7) is 7.33. The molecule has 12 unspecified atom stereocenters. The normalized spacial score (nSPS) is 25.7. The largest absolute Gasteiger partial charge is 0.379 e. The number of Topliss-reactive ketones (excluding diaryl/α,β-unsaturated/α-hetero) is 4. The minimum Gasteiger partial charge on any atom is -0.379 e. The molecule has 4 heterocycles. The van der Waals surface area contributed by atoms with E-state index < -0.39 is 36.2 Å². The number of benzene rings is 1. The van der Waals surface area contributed by atoms with Gasteiger partial charge in [0, 0.05) is 124 Å². The van der Waals surface area contributed by atoms with Gasteiger partial charge in [-0.05, 0) is 101 Å². The number of nitrogens with two attached hydrogens (primary N) is 2. The van der Waals surface area contributed by atoms with Crippen LogP contribution in [0.15, 0.2) is 18.2 Å². The van der Waals surface area contributed by atoms with Crippen molar-refractivity contribution < 1.29 is 71.5 Å². The number of methoxy groups -OCH3 is 2. The minimum absolute atomic E-state index is 0.0671. The van der Waals surface area contributed by atoms with E-state index in [4.69, 9.17) is 49.4 Å². The van der Waals surface area contributed by atoms with Gasteiger partial charge in [0.25, 0.3) is 5.91 Å². The Kier molecular flexibility index (Phi) is 33.2. The molecule has 1 aliphatic carbocycles.